The average molecular weight is 585 g/mol. The molecule has 3 N–H and O–H groups in total. The lowest BCUT2D eigenvalue weighted by Crippen LogP contribution is -2.67. The first kappa shape index (κ1) is 25.7. The third kappa shape index (κ3) is 3.07. The van der Waals surface area contributed by atoms with Crippen LogP contribution in [0.3, 0.4) is 0 Å². The summed E-state index contributed by atoms with van der Waals surface area (Å²) in [4.78, 5) is 11.6. The fourth-order valence-electron chi connectivity index (χ4n) is 10.9. The molecule has 224 valence electrons. The number of hydrogen-bond acceptors (Lipinski definition) is 5. The minimum atomic E-state index is -0.562. The van der Waals surface area contributed by atoms with E-state index >= 15 is 0 Å². The lowest BCUT2D eigenvalue weighted by atomic mass is 9.53. The molecular formula is C38H40N4O2. The molecule has 1 saturated carbocycles. The Morgan fingerprint density at radius 2 is 1.93 bits per heavy atom. The number of fused-ring (bicyclic) bond motifs is 9. The molecule has 10 rings (SSSR count). The third-order valence-electron chi connectivity index (χ3n) is 12.7. The molecule has 0 radical (unpaired) electrons. The lowest BCUT2D eigenvalue weighted by Gasteiger charge is -2.59. The standard InChI is InChI=1S/C38H40N4O2/c1-2-22-19-40-14-11-25-24-7-3-5-9-30(24)39-35(25)32(40)17-26(22)28-21-42-31-10-6-4-8-29(31)38-13-15-41-20-23(12-16-43)27(18-33(38)41)34(36(28)44)37(38)42/h3-10,12,17,21,27,33-34,36-37,39,43-44H,2,11,13-16,18-20H2,1H3/b23-12-/t27-,33-,34-,36+,37-,38+/m0/s1. The van der Waals surface area contributed by atoms with Gasteiger partial charge in [0.1, 0.15) is 0 Å². The van der Waals surface area contributed by atoms with E-state index in [1.54, 1.807) is 0 Å². The molecule has 44 heavy (non-hydrogen) atoms. The van der Waals surface area contributed by atoms with E-state index < -0.39 is 6.10 Å². The topological polar surface area (TPSA) is 66.0 Å². The third-order valence-corrected chi connectivity index (χ3v) is 12.7. The van der Waals surface area contributed by atoms with Crippen molar-refractivity contribution in [1.82, 2.24) is 14.8 Å². The zero-order valence-corrected chi connectivity index (χ0v) is 25.3. The van der Waals surface area contributed by atoms with Crippen LogP contribution in [0.2, 0.25) is 0 Å². The number of H-pyrrole nitrogens is 1. The summed E-state index contributed by atoms with van der Waals surface area (Å²) in [5.41, 5.74) is 13.0. The number of nitrogens with one attached hydrogen (secondary N) is 1. The Balaban J connectivity index is 1.17. The highest BCUT2D eigenvalue weighted by molar-refractivity contribution is 5.91. The molecule has 6 aliphatic heterocycles. The Morgan fingerprint density at radius 1 is 1.07 bits per heavy atom. The molecule has 1 spiro atoms. The van der Waals surface area contributed by atoms with Crippen LogP contribution in [0.1, 0.15) is 43.0 Å². The molecule has 3 aromatic rings. The maximum absolute atomic E-state index is 12.7. The van der Waals surface area contributed by atoms with Crippen LogP contribution in [0.4, 0.5) is 5.69 Å². The van der Waals surface area contributed by atoms with E-state index in [0.29, 0.717) is 6.04 Å². The average Bonchev–Trinajstić information content (AvgIpc) is 3.73. The molecule has 1 aliphatic carbocycles. The predicted molar refractivity (Wildman–Crippen MR) is 174 cm³/mol. The van der Waals surface area contributed by atoms with Crippen molar-refractivity contribution in [3.63, 3.8) is 0 Å². The van der Waals surface area contributed by atoms with Crippen molar-refractivity contribution < 1.29 is 10.2 Å². The van der Waals surface area contributed by atoms with Gasteiger partial charge in [0.15, 0.2) is 0 Å². The maximum Gasteiger partial charge on any atom is 0.0864 e. The molecule has 6 nitrogen and oxygen atoms in total. The lowest BCUT2D eigenvalue weighted by molar-refractivity contribution is -0.00912. The van der Waals surface area contributed by atoms with Gasteiger partial charge < -0.3 is 25.0 Å². The molecule has 0 unspecified atom stereocenters. The van der Waals surface area contributed by atoms with Gasteiger partial charge in [0.2, 0.25) is 0 Å². The molecule has 7 heterocycles. The Morgan fingerprint density at radius 3 is 2.82 bits per heavy atom. The van der Waals surface area contributed by atoms with Crippen LogP contribution in [0.15, 0.2) is 89.2 Å². The second-order valence-corrected chi connectivity index (χ2v) is 14.2. The number of aromatic nitrogens is 1. The number of aliphatic hydroxyl groups excluding tert-OH is 2. The Kier molecular flexibility index (Phi) is 5.26. The zero-order chi connectivity index (χ0) is 29.3. The van der Waals surface area contributed by atoms with Crippen LogP contribution in [0.5, 0.6) is 0 Å². The maximum atomic E-state index is 12.7. The first-order valence-corrected chi connectivity index (χ1v) is 16.7. The Labute approximate surface area is 258 Å². The molecule has 2 bridgehead atoms. The number of nitrogens with zero attached hydrogens (tertiary/aromatic N) is 3. The van der Waals surface area contributed by atoms with Gasteiger partial charge in [-0.15, -0.1) is 0 Å². The summed E-state index contributed by atoms with van der Waals surface area (Å²) >= 11 is 0. The van der Waals surface area contributed by atoms with E-state index in [1.807, 2.05) is 0 Å². The molecule has 1 aromatic heterocycles. The summed E-state index contributed by atoms with van der Waals surface area (Å²) in [6.45, 7) is 6.25. The second-order valence-electron chi connectivity index (χ2n) is 14.2. The summed E-state index contributed by atoms with van der Waals surface area (Å²) in [6, 6.07) is 18.5. The van der Waals surface area contributed by atoms with Crippen LogP contribution in [-0.2, 0) is 11.8 Å². The number of hydrogen-bond donors (Lipinski definition) is 3. The minimum Gasteiger partial charge on any atom is -0.392 e. The summed E-state index contributed by atoms with van der Waals surface area (Å²) in [7, 11) is 0. The summed E-state index contributed by atoms with van der Waals surface area (Å²) < 4.78 is 0. The van der Waals surface area contributed by atoms with Gasteiger partial charge in [-0.05, 0) is 78.6 Å². The molecule has 6 atom stereocenters. The minimum absolute atomic E-state index is 0.0396. The van der Waals surface area contributed by atoms with Crippen molar-refractivity contribution in [2.24, 2.45) is 11.8 Å². The molecule has 2 saturated heterocycles. The quantitative estimate of drug-likeness (QED) is 0.374. The number of benzene rings is 2. The van der Waals surface area contributed by atoms with Crippen LogP contribution < -0.4 is 4.90 Å². The second kappa shape index (κ2) is 9.00. The fraction of sp³-hybridized carbons (Fsp3) is 0.421. The van der Waals surface area contributed by atoms with Crippen molar-refractivity contribution in [1.29, 1.82) is 0 Å². The van der Waals surface area contributed by atoms with Gasteiger partial charge >= 0.3 is 0 Å². The fourth-order valence-corrected chi connectivity index (χ4v) is 10.9. The number of rotatable bonds is 3. The van der Waals surface area contributed by atoms with Gasteiger partial charge in [-0.3, -0.25) is 4.90 Å². The summed E-state index contributed by atoms with van der Waals surface area (Å²) in [6.07, 6.45) is 10.4. The van der Waals surface area contributed by atoms with Crippen molar-refractivity contribution in [2.45, 2.75) is 56.2 Å². The highest BCUT2D eigenvalue weighted by Gasteiger charge is 2.69. The molecule has 6 heteroatoms. The van der Waals surface area contributed by atoms with Crippen molar-refractivity contribution >= 4 is 22.3 Å². The highest BCUT2D eigenvalue weighted by atomic mass is 16.3. The van der Waals surface area contributed by atoms with Crippen LogP contribution in [0.25, 0.3) is 16.6 Å². The van der Waals surface area contributed by atoms with Gasteiger partial charge in [-0.1, -0.05) is 55.0 Å². The number of aromatic amines is 1. The monoisotopic (exact) mass is 584 g/mol. The first-order chi connectivity index (χ1) is 21.6. The van der Waals surface area contributed by atoms with Gasteiger partial charge in [0.25, 0.3) is 0 Å². The van der Waals surface area contributed by atoms with E-state index in [9.17, 15) is 10.2 Å². The van der Waals surface area contributed by atoms with Gasteiger partial charge in [0.05, 0.1) is 30.1 Å². The van der Waals surface area contributed by atoms with Gasteiger partial charge in [-0.2, -0.15) is 0 Å². The van der Waals surface area contributed by atoms with E-state index in [2.05, 4.69) is 93.5 Å². The van der Waals surface area contributed by atoms with Crippen LogP contribution in [0, 0.1) is 11.8 Å². The Bertz CT molecular complexity index is 1860. The largest absolute Gasteiger partial charge is 0.392 e. The molecular weight excluding hydrogens is 544 g/mol. The van der Waals surface area contributed by atoms with E-state index in [1.165, 1.54) is 55.8 Å². The van der Waals surface area contributed by atoms with E-state index in [-0.39, 0.29) is 29.9 Å². The summed E-state index contributed by atoms with van der Waals surface area (Å²) in [5, 5.41) is 24.1. The smallest absolute Gasteiger partial charge is 0.0864 e. The molecule has 0 amide bonds. The number of aliphatic hydroxyl groups is 2. The normalized spacial score (nSPS) is 34.2. The zero-order valence-electron chi connectivity index (χ0n) is 25.3. The van der Waals surface area contributed by atoms with Crippen LogP contribution >= 0.6 is 0 Å². The van der Waals surface area contributed by atoms with Crippen LogP contribution in [-0.4, -0.2) is 76.0 Å². The first-order valence-electron chi connectivity index (χ1n) is 16.7. The molecule has 3 fully saturated rings. The summed E-state index contributed by atoms with van der Waals surface area (Å²) in [5.74, 6) is 0.345. The number of allylic oxidation sites excluding steroid dienone is 1. The van der Waals surface area contributed by atoms with E-state index in [0.717, 1.165) is 57.4 Å². The molecule has 7 aliphatic rings. The Hall–Kier alpha value is -3.58. The van der Waals surface area contributed by atoms with Crippen molar-refractivity contribution in [3.05, 3.63) is 106 Å². The number of anilines is 1. The highest BCUT2D eigenvalue weighted by Crippen LogP contribution is 2.65. The van der Waals surface area contributed by atoms with Gasteiger partial charge in [0, 0.05) is 65.4 Å². The SMILES string of the molecule is CCC1=C(C2=CN3c4ccccc4[C@]45CCN6C/C(=C/CO)[C@H](C[C@H]64)[C@@H]([C@@H]2O)[C@H]35)C=C2c3[nH]c4ccccc4c3CCN2C1. The number of piperidine rings is 1. The van der Waals surface area contributed by atoms with E-state index in [4.69, 9.17) is 0 Å². The predicted octanol–water partition coefficient (Wildman–Crippen LogP) is 5.11. The number of para-hydroxylation sites is 2. The van der Waals surface area contributed by atoms with Crippen molar-refractivity contribution in [2.75, 3.05) is 37.7 Å². The molecule has 2 aromatic carbocycles. The van der Waals surface area contributed by atoms with Gasteiger partial charge in [-0.25, -0.2) is 0 Å². The van der Waals surface area contributed by atoms with Crippen molar-refractivity contribution in [3.8, 4) is 0 Å².